The molecule has 1 aliphatic rings. The summed E-state index contributed by atoms with van der Waals surface area (Å²) in [5.41, 5.74) is -0.344. The van der Waals surface area contributed by atoms with Crippen molar-refractivity contribution in [3.05, 3.63) is 39.7 Å². The summed E-state index contributed by atoms with van der Waals surface area (Å²) < 4.78 is 17.4. The Labute approximate surface area is 188 Å². The molecule has 0 spiro atoms. The van der Waals surface area contributed by atoms with Gasteiger partial charge < -0.3 is 23.9 Å². The standard InChI is InChI=1S/C20H25ClN4O7/c1-20(2,3)32-18(28)24-8-6-12(7-9-24)25-19(29)31-16(23-25)11-30-13-4-5-15(14(21)10-13)22-17(26)27/h4-5,10,12,22H,6-9,11H2,1-3H3,(H,26,27). The van der Waals surface area contributed by atoms with E-state index < -0.39 is 17.5 Å². The van der Waals surface area contributed by atoms with Crippen molar-refractivity contribution in [2.24, 2.45) is 0 Å². The van der Waals surface area contributed by atoms with Gasteiger partial charge in [-0.2, -0.15) is 4.68 Å². The van der Waals surface area contributed by atoms with Crippen molar-refractivity contribution < 1.29 is 28.6 Å². The number of carbonyl (C=O) groups excluding carboxylic acids is 1. The lowest BCUT2D eigenvalue weighted by Crippen LogP contribution is -2.43. The summed E-state index contributed by atoms with van der Waals surface area (Å²) in [5.74, 6) is -0.152. The third-order valence-corrected chi connectivity index (χ3v) is 4.93. The van der Waals surface area contributed by atoms with Crippen LogP contribution in [-0.2, 0) is 11.3 Å². The van der Waals surface area contributed by atoms with Crippen LogP contribution in [0.4, 0.5) is 15.3 Å². The van der Waals surface area contributed by atoms with Gasteiger partial charge in [-0.15, -0.1) is 5.10 Å². The number of carbonyl (C=O) groups is 2. The van der Waals surface area contributed by atoms with E-state index in [0.717, 1.165) is 0 Å². The van der Waals surface area contributed by atoms with E-state index in [0.29, 0.717) is 31.7 Å². The molecule has 1 saturated heterocycles. The van der Waals surface area contributed by atoms with Gasteiger partial charge in [0.15, 0.2) is 6.61 Å². The van der Waals surface area contributed by atoms with Crippen LogP contribution in [0.2, 0.25) is 5.02 Å². The second-order valence-electron chi connectivity index (χ2n) is 8.27. The number of benzene rings is 1. The SMILES string of the molecule is CC(C)(C)OC(=O)N1CCC(n2nc(COc3ccc(NC(=O)O)c(Cl)c3)oc2=O)CC1. The van der Waals surface area contributed by atoms with E-state index >= 15 is 0 Å². The van der Waals surface area contributed by atoms with E-state index in [1.807, 2.05) is 20.8 Å². The van der Waals surface area contributed by atoms with Crippen molar-refractivity contribution >= 4 is 29.5 Å². The predicted molar refractivity (Wildman–Crippen MR) is 114 cm³/mol. The van der Waals surface area contributed by atoms with Crippen LogP contribution in [0.1, 0.15) is 45.5 Å². The summed E-state index contributed by atoms with van der Waals surface area (Å²) in [6, 6.07) is 4.22. The fraction of sp³-hybridized carbons (Fsp3) is 0.500. The summed E-state index contributed by atoms with van der Waals surface area (Å²) in [5, 5.41) is 15.3. The first-order chi connectivity index (χ1) is 15.0. The summed E-state index contributed by atoms with van der Waals surface area (Å²) in [6.45, 7) is 6.21. The number of hydrogen-bond acceptors (Lipinski definition) is 7. The molecule has 2 heterocycles. The zero-order valence-corrected chi connectivity index (χ0v) is 18.7. The molecule has 0 aliphatic carbocycles. The third-order valence-electron chi connectivity index (χ3n) is 4.62. The Bertz CT molecular complexity index is 1040. The molecule has 3 rings (SSSR count). The van der Waals surface area contributed by atoms with Crippen LogP contribution in [0.5, 0.6) is 5.75 Å². The number of likely N-dealkylation sites (tertiary alicyclic amines) is 1. The van der Waals surface area contributed by atoms with E-state index in [4.69, 9.17) is 30.6 Å². The summed E-state index contributed by atoms with van der Waals surface area (Å²) >= 11 is 6.02. The van der Waals surface area contributed by atoms with Crippen LogP contribution >= 0.6 is 11.6 Å². The monoisotopic (exact) mass is 468 g/mol. The van der Waals surface area contributed by atoms with E-state index in [9.17, 15) is 14.4 Å². The molecule has 1 aromatic carbocycles. The average molecular weight is 469 g/mol. The molecule has 0 unspecified atom stereocenters. The molecule has 12 heteroatoms. The van der Waals surface area contributed by atoms with Crippen molar-refractivity contribution in [2.45, 2.75) is 51.9 Å². The molecule has 1 aromatic heterocycles. The Morgan fingerprint density at radius 3 is 2.59 bits per heavy atom. The smallest absolute Gasteiger partial charge is 0.437 e. The molecule has 174 valence electrons. The molecule has 0 radical (unpaired) electrons. The Morgan fingerprint density at radius 2 is 2.00 bits per heavy atom. The first kappa shape index (κ1) is 23.5. The van der Waals surface area contributed by atoms with Gasteiger partial charge in [0.2, 0.25) is 0 Å². The molecule has 0 bridgehead atoms. The fourth-order valence-electron chi connectivity index (χ4n) is 3.18. The quantitative estimate of drug-likeness (QED) is 0.677. The number of hydrogen-bond donors (Lipinski definition) is 2. The van der Waals surface area contributed by atoms with Gasteiger partial charge in [0.1, 0.15) is 11.4 Å². The van der Waals surface area contributed by atoms with Gasteiger partial charge in [0.25, 0.3) is 5.89 Å². The van der Waals surface area contributed by atoms with Gasteiger partial charge in [-0.3, -0.25) is 5.32 Å². The number of carboxylic acid groups (broad SMARTS) is 1. The molecule has 0 atom stereocenters. The van der Waals surface area contributed by atoms with Gasteiger partial charge in [-0.05, 0) is 45.7 Å². The zero-order chi connectivity index (χ0) is 23.5. The van der Waals surface area contributed by atoms with Crippen molar-refractivity contribution in [2.75, 3.05) is 18.4 Å². The molecule has 2 N–H and O–H groups in total. The van der Waals surface area contributed by atoms with E-state index in [2.05, 4.69) is 10.4 Å². The number of rotatable bonds is 5. The highest BCUT2D eigenvalue weighted by atomic mass is 35.5. The van der Waals surface area contributed by atoms with Crippen LogP contribution in [0, 0.1) is 0 Å². The highest BCUT2D eigenvalue weighted by Gasteiger charge is 2.29. The molecule has 0 saturated carbocycles. The molecule has 11 nitrogen and oxygen atoms in total. The van der Waals surface area contributed by atoms with Crippen molar-refractivity contribution in [3.8, 4) is 5.75 Å². The minimum Gasteiger partial charge on any atom is -0.484 e. The number of nitrogens with zero attached hydrogens (tertiary/aromatic N) is 3. The third kappa shape index (κ3) is 6.16. The lowest BCUT2D eigenvalue weighted by molar-refractivity contribution is 0.0183. The number of ether oxygens (including phenoxy) is 2. The summed E-state index contributed by atoms with van der Waals surface area (Å²) in [6.07, 6.45) is -0.523. The van der Waals surface area contributed by atoms with E-state index in [1.54, 1.807) is 4.90 Å². The highest BCUT2D eigenvalue weighted by molar-refractivity contribution is 6.33. The topological polar surface area (TPSA) is 136 Å². The van der Waals surface area contributed by atoms with E-state index in [1.165, 1.54) is 22.9 Å². The molecule has 32 heavy (non-hydrogen) atoms. The maximum absolute atomic E-state index is 12.2. The molecular weight excluding hydrogens is 444 g/mol. The summed E-state index contributed by atoms with van der Waals surface area (Å²) in [7, 11) is 0. The summed E-state index contributed by atoms with van der Waals surface area (Å²) in [4.78, 5) is 36.8. The van der Waals surface area contributed by atoms with Gasteiger partial charge in [0.05, 0.1) is 16.8 Å². The van der Waals surface area contributed by atoms with Crippen LogP contribution in [0.3, 0.4) is 0 Å². The number of piperidine rings is 1. The number of nitrogens with one attached hydrogen (secondary N) is 1. The van der Waals surface area contributed by atoms with E-state index in [-0.39, 0.29) is 35.3 Å². The van der Waals surface area contributed by atoms with Gasteiger partial charge >= 0.3 is 17.9 Å². The van der Waals surface area contributed by atoms with Gasteiger partial charge in [0, 0.05) is 19.2 Å². The van der Waals surface area contributed by atoms with Crippen molar-refractivity contribution in [3.63, 3.8) is 0 Å². The minimum absolute atomic E-state index is 0.0911. The Morgan fingerprint density at radius 1 is 1.31 bits per heavy atom. The molecular formula is C20H25ClN4O7. The predicted octanol–water partition coefficient (Wildman–Crippen LogP) is 3.73. The number of halogens is 1. The maximum atomic E-state index is 12.2. The minimum atomic E-state index is -1.23. The number of aromatic nitrogens is 2. The molecule has 1 aliphatic heterocycles. The normalized spacial score (nSPS) is 14.8. The van der Waals surface area contributed by atoms with Crippen LogP contribution in [-0.4, -0.2) is 50.7 Å². The largest absolute Gasteiger partial charge is 0.484 e. The Balaban J connectivity index is 1.57. The second kappa shape index (κ2) is 9.51. The second-order valence-corrected chi connectivity index (χ2v) is 8.67. The number of amides is 2. The lowest BCUT2D eigenvalue weighted by atomic mass is 10.1. The maximum Gasteiger partial charge on any atom is 0.437 e. The molecule has 2 aromatic rings. The lowest BCUT2D eigenvalue weighted by Gasteiger charge is -2.32. The highest BCUT2D eigenvalue weighted by Crippen LogP contribution is 2.27. The van der Waals surface area contributed by atoms with Gasteiger partial charge in [-0.25, -0.2) is 14.4 Å². The van der Waals surface area contributed by atoms with Crippen molar-refractivity contribution in [1.29, 1.82) is 0 Å². The Hall–Kier alpha value is -3.21. The first-order valence-corrected chi connectivity index (χ1v) is 10.4. The first-order valence-electron chi connectivity index (χ1n) is 10.0. The van der Waals surface area contributed by atoms with Crippen LogP contribution < -0.4 is 15.8 Å². The molecule has 1 fully saturated rings. The Kier molecular flexibility index (Phi) is 6.97. The number of anilines is 1. The van der Waals surface area contributed by atoms with Crippen LogP contribution in [0.25, 0.3) is 0 Å². The van der Waals surface area contributed by atoms with Crippen LogP contribution in [0.15, 0.2) is 27.4 Å². The van der Waals surface area contributed by atoms with Crippen molar-refractivity contribution in [1.82, 2.24) is 14.7 Å². The van der Waals surface area contributed by atoms with Gasteiger partial charge in [-0.1, -0.05) is 11.6 Å². The average Bonchev–Trinajstić information content (AvgIpc) is 3.07. The molecule has 2 amide bonds. The fourth-order valence-corrected chi connectivity index (χ4v) is 3.40. The zero-order valence-electron chi connectivity index (χ0n) is 18.0.